The number of para-hydroxylation sites is 1. The van der Waals surface area contributed by atoms with E-state index in [-0.39, 0.29) is 29.9 Å². The van der Waals surface area contributed by atoms with Crippen LogP contribution in [-0.4, -0.2) is 63.8 Å². The summed E-state index contributed by atoms with van der Waals surface area (Å²) in [4.78, 5) is 28.6. The van der Waals surface area contributed by atoms with Crippen LogP contribution in [0.25, 0.3) is 0 Å². The Hall–Kier alpha value is -2.74. The van der Waals surface area contributed by atoms with E-state index < -0.39 is 0 Å². The first-order chi connectivity index (χ1) is 14.6. The van der Waals surface area contributed by atoms with Crippen LogP contribution in [0.2, 0.25) is 0 Å². The van der Waals surface area contributed by atoms with E-state index in [1.165, 1.54) is 23.0 Å². The number of ether oxygens (including phenoxy) is 1. The zero-order chi connectivity index (χ0) is 20.9. The van der Waals surface area contributed by atoms with Gasteiger partial charge in [0.2, 0.25) is 5.91 Å². The number of aromatic nitrogens is 2. The van der Waals surface area contributed by atoms with Crippen molar-refractivity contribution in [3.63, 3.8) is 0 Å². The van der Waals surface area contributed by atoms with Gasteiger partial charge >= 0.3 is 0 Å². The average molecular weight is 414 g/mol. The number of carbonyl (C=O) groups excluding carboxylic acids is 1. The summed E-state index contributed by atoms with van der Waals surface area (Å²) in [5.41, 5.74) is -0.263. The summed E-state index contributed by atoms with van der Waals surface area (Å²) in [6.45, 7) is 3.21. The number of hydrogen-bond acceptors (Lipinski definition) is 5. The minimum Gasteiger partial charge on any atom is -0.487 e. The maximum absolute atomic E-state index is 13.8. The number of rotatable bonds is 5. The maximum Gasteiger partial charge on any atom is 0.267 e. The Morgan fingerprint density at radius 1 is 1.03 bits per heavy atom. The molecule has 2 aromatic rings. The Morgan fingerprint density at radius 3 is 2.47 bits per heavy atom. The van der Waals surface area contributed by atoms with Crippen LogP contribution in [0, 0.1) is 5.82 Å². The van der Waals surface area contributed by atoms with Gasteiger partial charge in [0.05, 0.1) is 0 Å². The first-order valence-corrected chi connectivity index (χ1v) is 10.6. The predicted molar refractivity (Wildman–Crippen MR) is 110 cm³/mol. The van der Waals surface area contributed by atoms with Crippen molar-refractivity contribution in [2.45, 2.75) is 44.4 Å². The molecule has 1 aromatic carbocycles. The van der Waals surface area contributed by atoms with E-state index >= 15 is 0 Å². The second kappa shape index (κ2) is 9.38. The summed E-state index contributed by atoms with van der Waals surface area (Å²) in [7, 11) is 0. The summed E-state index contributed by atoms with van der Waals surface area (Å²) in [5, 5.41) is 3.96. The van der Waals surface area contributed by atoms with E-state index in [0.717, 1.165) is 38.8 Å². The smallest absolute Gasteiger partial charge is 0.267 e. The quantitative estimate of drug-likeness (QED) is 0.748. The van der Waals surface area contributed by atoms with Gasteiger partial charge in [-0.25, -0.2) is 9.07 Å². The number of carbonyl (C=O) groups is 1. The zero-order valence-electron chi connectivity index (χ0n) is 17.0. The van der Waals surface area contributed by atoms with Crippen LogP contribution in [0.1, 0.15) is 25.7 Å². The lowest BCUT2D eigenvalue weighted by atomic mass is 9.98. The monoisotopic (exact) mass is 414 g/mol. The lowest BCUT2D eigenvalue weighted by molar-refractivity contribution is -0.133. The minimum atomic E-state index is -0.315. The van der Waals surface area contributed by atoms with E-state index in [0.29, 0.717) is 24.9 Å². The van der Waals surface area contributed by atoms with Gasteiger partial charge in [-0.2, -0.15) is 5.10 Å². The fraction of sp³-hybridized carbons (Fsp3) is 0.500. The van der Waals surface area contributed by atoms with Crippen molar-refractivity contribution in [2.24, 2.45) is 0 Å². The predicted octanol–water partition coefficient (Wildman–Crippen LogP) is 1.92. The van der Waals surface area contributed by atoms with Gasteiger partial charge in [0.1, 0.15) is 12.6 Å². The van der Waals surface area contributed by atoms with Crippen molar-refractivity contribution in [3.8, 4) is 5.75 Å². The molecule has 2 aliphatic rings. The van der Waals surface area contributed by atoms with Crippen molar-refractivity contribution in [1.29, 1.82) is 0 Å². The molecular formula is C22H27FN4O3. The molecule has 0 unspecified atom stereocenters. The Kier molecular flexibility index (Phi) is 6.42. The van der Waals surface area contributed by atoms with Crippen LogP contribution in [0.5, 0.6) is 5.75 Å². The number of amides is 1. The molecule has 0 radical (unpaired) electrons. The first-order valence-electron chi connectivity index (χ1n) is 10.6. The van der Waals surface area contributed by atoms with E-state index in [9.17, 15) is 14.0 Å². The first kappa shape index (κ1) is 20.5. The lowest BCUT2D eigenvalue weighted by Gasteiger charge is -2.41. The van der Waals surface area contributed by atoms with Crippen LogP contribution in [0.3, 0.4) is 0 Å². The fourth-order valence-electron chi connectivity index (χ4n) is 4.29. The molecule has 0 aliphatic carbocycles. The van der Waals surface area contributed by atoms with Crippen molar-refractivity contribution in [2.75, 3.05) is 26.2 Å². The number of nitrogens with zero attached hydrogens (tertiary/aromatic N) is 4. The van der Waals surface area contributed by atoms with E-state index in [4.69, 9.17) is 4.74 Å². The SMILES string of the molecule is O=C(Cn1ncccc1=O)N1CCC(N2CCC(Oc3ccccc3F)CC2)CC1. The molecule has 30 heavy (non-hydrogen) atoms. The molecule has 0 bridgehead atoms. The molecule has 2 fully saturated rings. The van der Waals surface area contributed by atoms with Gasteiger partial charge < -0.3 is 9.64 Å². The molecule has 0 atom stereocenters. The molecule has 2 saturated heterocycles. The number of hydrogen-bond donors (Lipinski definition) is 0. The van der Waals surface area contributed by atoms with E-state index in [1.807, 2.05) is 4.90 Å². The third-order valence-electron chi connectivity index (χ3n) is 6.01. The molecule has 0 spiro atoms. The maximum atomic E-state index is 13.8. The Labute approximate surface area is 175 Å². The summed E-state index contributed by atoms with van der Waals surface area (Å²) in [5.74, 6) is -0.0500. The third kappa shape index (κ3) is 4.87. The normalized spacial score (nSPS) is 19.0. The summed E-state index contributed by atoms with van der Waals surface area (Å²) in [6, 6.07) is 9.97. The number of benzene rings is 1. The molecule has 7 nitrogen and oxygen atoms in total. The molecule has 2 aliphatic heterocycles. The summed E-state index contributed by atoms with van der Waals surface area (Å²) < 4.78 is 20.8. The molecule has 160 valence electrons. The van der Waals surface area contributed by atoms with Crippen LogP contribution < -0.4 is 10.3 Å². The molecular weight excluding hydrogens is 387 g/mol. The van der Waals surface area contributed by atoms with Crippen LogP contribution in [-0.2, 0) is 11.3 Å². The van der Waals surface area contributed by atoms with E-state index in [2.05, 4.69) is 10.00 Å². The van der Waals surface area contributed by atoms with Gasteiger partial charge in [0.25, 0.3) is 5.56 Å². The van der Waals surface area contributed by atoms with Crippen LogP contribution in [0.4, 0.5) is 4.39 Å². The van der Waals surface area contributed by atoms with E-state index in [1.54, 1.807) is 24.3 Å². The largest absolute Gasteiger partial charge is 0.487 e. The summed E-state index contributed by atoms with van der Waals surface area (Å²) in [6.07, 6.45) is 5.13. The van der Waals surface area contributed by atoms with Crippen molar-refractivity contribution < 1.29 is 13.9 Å². The second-order valence-corrected chi connectivity index (χ2v) is 7.92. The number of piperidine rings is 2. The standard InChI is InChI=1S/C22H27FN4O3/c23-19-4-1-2-5-20(19)30-18-9-14-25(15-10-18)17-7-12-26(13-8-17)22(29)16-27-21(28)6-3-11-24-27/h1-6,11,17-18H,7-10,12-16H2. The molecule has 8 heteroatoms. The Morgan fingerprint density at radius 2 is 1.77 bits per heavy atom. The fourth-order valence-corrected chi connectivity index (χ4v) is 4.29. The van der Waals surface area contributed by atoms with Crippen molar-refractivity contribution >= 4 is 5.91 Å². The highest BCUT2D eigenvalue weighted by atomic mass is 19.1. The molecule has 1 aromatic heterocycles. The van der Waals surface area contributed by atoms with Gasteiger partial charge in [-0.15, -0.1) is 0 Å². The highest BCUT2D eigenvalue weighted by molar-refractivity contribution is 5.76. The second-order valence-electron chi connectivity index (χ2n) is 7.92. The van der Waals surface area contributed by atoms with Crippen LogP contribution in [0.15, 0.2) is 47.4 Å². The number of likely N-dealkylation sites (tertiary alicyclic amines) is 2. The Balaban J connectivity index is 1.22. The van der Waals surface area contributed by atoms with Gasteiger partial charge in [0, 0.05) is 44.5 Å². The Bertz CT molecular complexity index is 918. The van der Waals surface area contributed by atoms with Gasteiger partial charge in [-0.3, -0.25) is 14.5 Å². The molecule has 4 rings (SSSR count). The van der Waals surface area contributed by atoms with Crippen molar-refractivity contribution in [3.05, 3.63) is 58.8 Å². The third-order valence-corrected chi connectivity index (χ3v) is 6.01. The lowest BCUT2D eigenvalue weighted by Crippen LogP contribution is -2.50. The molecule has 3 heterocycles. The highest BCUT2D eigenvalue weighted by Gasteiger charge is 2.30. The summed E-state index contributed by atoms with van der Waals surface area (Å²) >= 11 is 0. The number of halogens is 1. The zero-order valence-corrected chi connectivity index (χ0v) is 17.0. The molecule has 0 saturated carbocycles. The highest BCUT2D eigenvalue weighted by Crippen LogP contribution is 2.25. The van der Waals surface area contributed by atoms with Gasteiger partial charge in [-0.1, -0.05) is 12.1 Å². The van der Waals surface area contributed by atoms with Crippen LogP contribution >= 0.6 is 0 Å². The van der Waals surface area contributed by atoms with Gasteiger partial charge in [0.15, 0.2) is 11.6 Å². The van der Waals surface area contributed by atoms with Gasteiger partial charge in [-0.05, 0) is 43.9 Å². The van der Waals surface area contributed by atoms with Crippen molar-refractivity contribution in [1.82, 2.24) is 19.6 Å². The molecule has 1 amide bonds. The topological polar surface area (TPSA) is 67.7 Å². The minimum absolute atomic E-state index is 0.0108. The molecule has 0 N–H and O–H groups in total. The average Bonchev–Trinajstić information content (AvgIpc) is 2.77.